The highest BCUT2D eigenvalue weighted by Crippen LogP contribution is 2.34. The van der Waals surface area contributed by atoms with E-state index in [1.165, 1.54) is 19.2 Å². The van der Waals surface area contributed by atoms with Gasteiger partial charge in [0.25, 0.3) is 11.8 Å². The molecule has 1 heterocycles. The Morgan fingerprint density at radius 1 is 1.23 bits per heavy atom. The minimum absolute atomic E-state index is 0.0838. The number of methoxy groups -OCH3 is 1. The average Bonchev–Trinajstić information content (AvgIpc) is 2.42. The van der Waals surface area contributed by atoms with Crippen molar-refractivity contribution in [2.45, 2.75) is 0 Å². The van der Waals surface area contributed by atoms with E-state index in [0.29, 0.717) is 3.57 Å². The van der Waals surface area contributed by atoms with Crippen LogP contribution in [0, 0.1) is 13.7 Å². The molecular formula is C12H8IN3O6. The maximum Gasteiger partial charge on any atom is 0.328 e. The lowest BCUT2D eigenvalue weighted by molar-refractivity contribution is -0.385. The van der Waals surface area contributed by atoms with Gasteiger partial charge >= 0.3 is 11.7 Å². The first-order valence-corrected chi connectivity index (χ1v) is 6.81. The molecule has 22 heavy (non-hydrogen) atoms. The number of barbiturate groups is 1. The van der Waals surface area contributed by atoms with Crippen molar-refractivity contribution in [3.63, 3.8) is 0 Å². The number of nitro groups is 1. The lowest BCUT2D eigenvalue weighted by Gasteiger charge is -2.14. The Morgan fingerprint density at radius 3 is 2.32 bits per heavy atom. The fourth-order valence-corrected chi connectivity index (χ4v) is 2.65. The second-order valence-electron chi connectivity index (χ2n) is 4.11. The van der Waals surface area contributed by atoms with Crippen molar-refractivity contribution in [3.8, 4) is 5.75 Å². The predicted octanol–water partition coefficient (Wildman–Crippen LogP) is 0.957. The number of ether oxygens (including phenoxy) is 1. The van der Waals surface area contributed by atoms with Gasteiger partial charge in [0, 0.05) is 6.07 Å². The Labute approximate surface area is 137 Å². The van der Waals surface area contributed by atoms with Crippen molar-refractivity contribution in [1.29, 1.82) is 0 Å². The van der Waals surface area contributed by atoms with E-state index in [9.17, 15) is 24.5 Å². The van der Waals surface area contributed by atoms with Crippen molar-refractivity contribution >= 4 is 52.2 Å². The number of imide groups is 2. The summed E-state index contributed by atoms with van der Waals surface area (Å²) in [4.78, 5) is 44.6. The van der Waals surface area contributed by atoms with Crippen molar-refractivity contribution in [2.75, 3.05) is 7.11 Å². The van der Waals surface area contributed by atoms with Gasteiger partial charge in [-0.1, -0.05) is 0 Å². The molecule has 1 fully saturated rings. The van der Waals surface area contributed by atoms with Crippen molar-refractivity contribution < 1.29 is 24.0 Å². The maximum atomic E-state index is 11.6. The molecule has 114 valence electrons. The molecule has 0 aliphatic carbocycles. The number of nitro benzene ring substituents is 1. The van der Waals surface area contributed by atoms with Crippen LogP contribution < -0.4 is 15.4 Å². The number of nitrogens with zero attached hydrogens (tertiary/aromatic N) is 1. The Bertz CT molecular complexity index is 721. The van der Waals surface area contributed by atoms with E-state index in [4.69, 9.17) is 4.74 Å². The van der Waals surface area contributed by atoms with Gasteiger partial charge in [0.1, 0.15) is 5.57 Å². The minimum Gasteiger partial charge on any atom is -0.489 e. The lowest BCUT2D eigenvalue weighted by Crippen LogP contribution is -2.51. The minimum atomic E-state index is -0.914. The maximum absolute atomic E-state index is 11.6. The molecule has 1 aliphatic heterocycles. The first kappa shape index (κ1) is 15.9. The molecule has 1 saturated heterocycles. The van der Waals surface area contributed by atoms with Crippen LogP contribution in [-0.2, 0) is 9.59 Å². The predicted molar refractivity (Wildman–Crippen MR) is 82.0 cm³/mol. The summed E-state index contributed by atoms with van der Waals surface area (Å²) in [5.41, 5.74) is -0.365. The molecule has 2 N–H and O–H groups in total. The van der Waals surface area contributed by atoms with Gasteiger partial charge in [-0.3, -0.25) is 30.3 Å². The third-order valence-electron chi connectivity index (χ3n) is 2.70. The zero-order valence-electron chi connectivity index (χ0n) is 11.0. The van der Waals surface area contributed by atoms with Crippen molar-refractivity contribution in [3.05, 3.63) is 37.0 Å². The molecule has 0 radical (unpaired) electrons. The first-order valence-electron chi connectivity index (χ1n) is 5.73. The van der Waals surface area contributed by atoms with Crippen molar-refractivity contribution in [2.24, 2.45) is 0 Å². The summed E-state index contributed by atoms with van der Waals surface area (Å²) in [6.07, 6.45) is 1.16. The third-order valence-corrected chi connectivity index (χ3v) is 3.50. The molecule has 0 atom stereocenters. The van der Waals surface area contributed by atoms with Crippen LogP contribution in [0.5, 0.6) is 5.75 Å². The van der Waals surface area contributed by atoms with E-state index >= 15 is 0 Å². The van der Waals surface area contributed by atoms with Gasteiger partial charge in [-0.2, -0.15) is 0 Å². The van der Waals surface area contributed by atoms with E-state index in [1.54, 1.807) is 0 Å². The standard InChI is InChI=1S/C12H8IN3O6/c1-22-9-7(13)3-5(4-8(9)16(20)21)2-6-10(17)14-12(19)15-11(6)18/h2-4H,1H3,(H2,14,15,17,18,19). The van der Waals surface area contributed by atoms with E-state index in [-0.39, 0.29) is 22.6 Å². The van der Waals surface area contributed by atoms with Crippen LogP contribution in [0.3, 0.4) is 0 Å². The van der Waals surface area contributed by atoms with Gasteiger partial charge in [0.05, 0.1) is 15.6 Å². The van der Waals surface area contributed by atoms with Crippen LogP contribution >= 0.6 is 22.6 Å². The number of benzene rings is 1. The molecule has 9 nitrogen and oxygen atoms in total. The average molecular weight is 417 g/mol. The van der Waals surface area contributed by atoms with Gasteiger partial charge in [-0.15, -0.1) is 0 Å². The molecule has 1 aliphatic rings. The van der Waals surface area contributed by atoms with Crippen LogP contribution in [0.4, 0.5) is 10.5 Å². The molecule has 4 amide bonds. The molecule has 10 heteroatoms. The molecule has 0 bridgehead atoms. The van der Waals surface area contributed by atoms with E-state index in [2.05, 4.69) is 0 Å². The smallest absolute Gasteiger partial charge is 0.328 e. The summed E-state index contributed by atoms with van der Waals surface area (Å²) in [7, 11) is 1.30. The van der Waals surface area contributed by atoms with Gasteiger partial charge < -0.3 is 4.74 Å². The summed E-state index contributed by atoms with van der Waals surface area (Å²) in [6, 6.07) is 1.77. The number of hydrogen-bond donors (Lipinski definition) is 2. The van der Waals surface area contributed by atoms with E-state index in [0.717, 1.165) is 6.08 Å². The number of urea groups is 1. The highest BCUT2D eigenvalue weighted by Gasteiger charge is 2.28. The zero-order valence-corrected chi connectivity index (χ0v) is 13.2. The second kappa shape index (κ2) is 6.09. The summed E-state index contributed by atoms with van der Waals surface area (Å²) in [5, 5.41) is 14.9. The number of halogens is 1. The number of carbonyl (C=O) groups excluding carboxylic acids is 3. The Hall–Kier alpha value is -2.50. The first-order chi connectivity index (χ1) is 10.3. The fraction of sp³-hybridized carbons (Fsp3) is 0.0833. The van der Waals surface area contributed by atoms with Gasteiger partial charge in [-0.05, 0) is 40.3 Å². The summed E-state index contributed by atoms with van der Waals surface area (Å²) in [5.74, 6) is -1.66. The summed E-state index contributed by atoms with van der Waals surface area (Å²) < 4.78 is 5.40. The summed E-state index contributed by atoms with van der Waals surface area (Å²) >= 11 is 1.84. The molecule has 2 rings (SSSR count). The number of hydrogen-bond acceptors (Lipinski definition) is 6. The highest BCUT2D eigenvalue weighted by molar-refractivity contribution is 14.1. The Balaban J connectivity index is 2.52. The largest absolute Gasteiger partial charge is 0.489 e. The molecule has 1 aromatic carbocycles. The number of rotatable bonds is 3. The van der Waals surface area contributed by atoms with Crippen LogP contribution in [0.2, 0.25) is 0 Å². The molecule has 0 spiro atoms. The highest BCUT2D eigenvalue weighted by atomic mass is 127. The van der Waals surface area contributed by atoms with Crippen LogP contribution in [0.25, 0.3) is 6.08 Å². The molecule has 0 aromatic heterocycles. The molecular weight excluding hydrogens is 409 g/mol. The Kier molecular flexibility index (Phi) is 4.40. The number of amides is 4. The monoisotopic (exact) mass is 417 g/mol. The molecule has 0 saturated carbocycles. The second-order valence-corrected chi connectivity index (χ2v) is 5.27. The zero-order chi connectivity index (χ0) is 16.4. The molecule has 1 aromatic rings. The van der Waals surface area contributed by atoms with Gasteiger partial charge in [0.15, 0.2) is 0 Å². The van der Waals surface area contributed by atoms with Crippen molar-refractivity contribution in [1.82, 2.24) is 10.6 Å². The number of carbonyl (C=O) groups is 3. The Morgan fingerprint density at radius 2 is 1.82 bits per heavy atom. The quantitative estimate of drug-likeness (QED) is 0.248. The lowest BCUT2D eigenvalue weighted by atomic mass is 10.1. The fourth-order valence-electron chi connectivity index (χ4n) is 1.79. The molecule has 0 unspecified atom stereocenters. The van der Waals surface area contributed by atoms with Crippen LogP contribution in [-0.4, -0.2) is 29.9 Å². The van der Waals surface area contributed by atoms with Crippen LogP contribution in [0.15, 0.2) is 17.7 Å². The van der Waals surface area contributed by atoms with Gasteiger partial charge in [-0.25, -0.2) is 4.79 Å². The third kappa shape index (κ3) is 3.05. The topological polar surface area (TPSA) is 128 Å². The van der Waals surface area contributed by atoms with Crippen LogP contribution in [0.1, 0.15) is 5.56 Å². The van der Waals surface area contributed by atoms with Gasteiger partial charge in [0.2, 0.25) is 5.75 Å². The SMILES string of the molecule is COc1c(I)cc(C=C2C(=O)NC(=O)NC2=O)cc1[N+](=O)[O-]. The van der Waals surface area contributed by atoms with E-state index in [1.807, 2.05) is 33.2 Å². The normalized spacial score (nSPS) is 14.3. The van der Waals surface area contributed by atoms with E-state index < -0.39 is 22.8 Å². The summed E-state index contributed by atoms with van der Waals surface area (Å²) in [6.45, 7) is 0. The number of nitrogens with one attached hydrogen (secondary N) is 2.